The molecule has 2 atom stereocenters. The van der Waals surface area contributed by atoms with E-state index in [0.717, 1.165) is 6.42 Å². The SMILES string of the molecule is CC1Cc2ccccc2N1CC(N)C(N)=O. The summed E-state index contributed by atoms with van der Waals surface area (Å²) in [5.74, 6) is -0.448. The maximum Gasteiger partial charge on any atom is 0.236 e. The van der Waals surface area contributed by atoms with Crippen LogP contribution in [0, 0.1) is 0 Å². The molecule has 86 valence electrons. The maximum absolute atomic E-state index is 11.0. The summed E-state index contributed by atoms with van der Waals surface area (Å²) in [6.07, 6.45) is 1.00. The first-order valence-electron chi connectivity index (χ1n) is 5.49. The maximum atomic E-state index is 11.0. The van der Waals surface area contributed by atoms with Crippen LogP contribution in [0.1, 0.15) is 12.5 Å². The fraction of sp³-hybridized carbons (Fsp3) is 0.417. The summed E-state index contributed by atoms with van der Waals surface area (Å²) in [4.78, 5) is 13.1. The van der Waals surface area contributed by atoms with E-state index >= 15 is 0 Å². The predicted molar refractivity (Wildman–Crippen MR) is 64.1 cm³/mol. The number of benzene rings is 1. The van der Waals surface area contributed by atoms with E-state index < -0.39 is 11.9 Å². The summed E-state index contributed by atoms with van der Waals surface area (Å²) in [6, 6.07) is 7.98. The lowest BCUT2D eigenvalue weighted by atomic mass is 10.1. The normalized spacial score (nSPS) is 20.6. The van der Waals surface area contributed by atoms with Gasteiger partial charge in [-0.3, -0.25) is 4.79 Å². The molecule has 4 heteroatoms. The Morgan fingerprint density at radius 2 is 2.25 bits per heavy atom. The molecular weight excluding hydrogens is 202 g/mol. The molecule has 0 saturated carbocycles. The third kappa shape index (κ3) is 1.88. The Hall–Kier alpha value is -1.55. The Labute approximate surface area is 95.2 Å². The first kappa shape index (κ1) is 11.0. The van der Waals surface area contributed by atoms with Gasteiger partial charge in [0.2, 0.25) is 5.91 Å². The van der Waals surface area contributed by atoms with Crippen molar-refractivity contribution in [3.8, 4) is 0 Å². The van der Waals surface area contributed by atoms with Gasteiger partial charge in [0.1, 0.15) is 6.04 Å². The number of nitrogens with two attached hydrogens (primary N) is 2. The lowest BCUT2D eigenvalue weighted by Crippen LogP contribution is -2.47. The molecule has 1 aliphatic heterocycles. The smallest absolute Gasteiger partial charge is 0.236 e. The van der Waals surface area contributed by atoms with Crippen LogP contribution in [0.5, 0.6) is 0 Å². The van der Waals surface area contributed by atoms with Gasteiger partial charge in [-0.05, 0) is 25.0 Å². The highest BCUT2D eigenvalue weighted by atomic mass is 16.1. The molecule has 1 aromatic carbocycles. The molecule has 2 unspecified atom stereocenters. The summed E-state index contributed by atoms with van der Waals surface area (Å²) < 4.78 is 0. The minimum absolute atomic E-state index is 0.378. The summed E-state index contributed by atoms with van der Waals surface area (Å²) in [5, 5.41) is 0. The van der Waals surface area contributed by atoms with Crippen LogP contribution < -0.4 is 16.4 Å². The van der Waals surface area contributed by atoms with Gasteiger partial charge >= 0.3 is 0 Å². The number of rotatable bonds is 3. The number of hydrogen-bond acceptors (Lipinski definition) is 3. The molecule has 4 N–H and O–H groups in total. The highest BCUT2D eigenvalue weighted by Crippen LogP contribution is 2.31. The summed E-state index contributed by atoms with van der Waals surface area (Å²) in [7, 11) is 0. The second-order valence-corrected chi connectivity index (χ2v) is 4.34. The largest absolute Gasteiger partial charge is 0.368 e. The lowest BCUT2D eigenvalue weighted by Gasteiger charge is -2.26. The van der Waals surface area contributed by atoms with Crippen LogP contribution in [0.25, 0.3) is 0 Å². The first-order chi connectivity index (χ1) is 7.59. The van der Waals surface area contributed by atoms with Crippen molar-refractivity contribution < 1.29 is 4.79 Å². The molecule has 1 aromatic rings. The fourth-order valence-electron chi connectivity index (χ4n) is 2.21. The molecule has 0 aromatic heterocycles. The minimum Gasteiger partial charge on any atom is -0.368 e. The van der Waals surface area contributed by atoms with E-state index in [1.807, 2.05) is 12.1 Å². The van der Waals surface area contributed by atoms with E-state index in [2.05, 4.69) is 24.0 Å². The van der Waals surface area contributed by atoms with Crippen molar-refractivity contribution in [2.75, 3.05) is 11.4 Å². The van der Waals surface area contributed by atoms with Gasteiger partial charge in [-0.15, -0.1) is 0 Å². The van der Waals surface area contributed by atoms with Crippen molar-refractivity contribution in [2.45, 2.75) is 25.4 Å². The number of nitrogens with zero attached hydrogens (tertiary/aromatic N) is 1. The van der Waals surface area contributed by atoms with Crippen LogP contribution in [0.3, 0.4) is 0 Å². The lowest BCUT2D eigenvalue weighted by molar-refractivity contribution is -0.119. The molecule has 16 heavy (non-hydrogen) atoms. The average Bonchev–Trinajstić information content (AvgIpc) is 2.55. The highest BCUT2D eigenvalue weighted by molar-refractivity contribution is 5.80. The van der Waals surface area contributed by atoms with Crippen LogP contribution in [-0.2, 0) is 11.2 Å². The third-order valence-corrected chi connectivity index (χ3v) is 3.11. The Balaban J connectivity index is 2.19. The topological polar surface area (TPSA) is 72.3 Å². The van der Waals surface area contributed by atoms with Crippen molar-refractivity contribution in [3.63, 3.8) is 0 Å². The average molecular weight is 219 g/mol. The summed E-state index contributed by atoms with van der Waals surface area (Å²) in [6.45, 7) is 2.63. The van der Waals surface area contributed by atoms with E-state index in [1.165, 1.54) is 11.3 Å². The van der Waals surface area contributed by atoms with E-state index in [1.54, 1.807) is 0 Å². The van der Waals surface area contributed by atoms with Crippen molar-refractivity contribution >= 4 is 11.6 Å². The summed E-state index contributed by atoms with van der Waals surface area (Å²) in [5.41, 5.74) is 13.4. The first-order valence-corrected chi connectivity index (χ1v) is 5.49. The zero-order valence-corrected chi connectivity index (χ0v) is 9.39. The monoisotopic (exact) mass is 219 g/mol. The molecule has 4 nitrogen and oxygen atoms in total. The van der Waals surface area contributed by atoms with Crippen molar-refractivity contribution in [3.05, 3.63) is 29.8 Å². The van der Waals surface area contributed by atoms with Crippen molar-refractivity contribution in [1.82, 2.24) is 0 Å². The van der Waals surface area contributed by atoms with Crippen molar-refractivity contribution in [1.29, 1.82) is 0 Å². The number of primary amides is 1. The van der Waals surface area contributed by atoms with Crippen LogP contribution >= 0.6 is 0 Å². The van der Waals surface area contributed by atoms with Gasteiger partial charge in [-0.25, -0.2) is 0 Å². The third-order valence-electron chi connectivity index (χ3n) is 3.11. The number of anilines is 1. The van der Waals surface area contributed by atoms with Crippen molar-refractivity contribution in [2.24, 2.45) is 11.5 Å². The molecule has 0 fully saturated rings. The fourth-order valence-corrected chi connectivity index (χ4v) is 2.21. The Morgan fingerprint density at radius 1 is 1.56 bits per heavy atom. The molecular formula is C12H17N3O. The molecule has 0 bridgehead atoms. The van der Waals surface area contributed by atoms with Gasteiger partial charge in [0, 0.05) is 18.3 Å². The molecule has 0 radical (unpaired) electrons. The van der Waals surface area contributed by atoms with Crippen LogP contribution in [0.4, 0.5) is 5.69 Å². The van der Waals surface area contributed by atoms with Gasteiger partial charge in [-0.1, -0.05) is 18.2 Å². The second kappa shape index (κ2) is 4.14. The Bertz CT molecular complexity index is 405. The number of carbonyl (C=O) groups is 1. The van der Waals surface area contributed by atoms with E-state index in [0.29, 0.717) is 12.6 Å². The minimum atomic E-state index is -0.603. The van der Waals surface area contributed by atoms with Gasteiger partial charge in [0.15, 0.2) is 0 Å². The zero-order valence-electron chi connectivity index (χ0n) is 9.39. The number of fused-ring (bicyclic) bond motifs is 1. The molecule has 1 amide bonds. The molecule has 1 aliphatic rings. The molecule has 0 aliphatic carbocycles. The van der Waals surface area contributed by atoms with E-state index in [-0.39, 0.29) is 0 Å². The van der Waals surface area contributed by atoms with Gasteiger partial charge < -0.3 is 16.4 Å². The van der Waals surface area contributed by atoms with Crippen LogP contribution in [0.15, 0.2) is 24.3 Å². The number of amides is 1. The Morgan fingerprint density at radius 3 is 2.94 bits per heavy atom. The van der Waals surface area contributed by atoms with Crippen LogP contribution in [0.2, 0.25) is 0 Å². The number of para-hydroxylation sites is 1. The highest BCUT2D eigenvalue weighted by Gasteiger charge is 2.27. The van der Waals surface area contributed by atoms with Gasteiger partial charge in [0.25, 0.3) is 0 Å². The standard InChI is InChI=1S/C12H17N3O/c1-8-6-9-4-2-3-5-11(9)15(8)7-10(13)12(14)16/h2-5,8,10H,6-7,13H2,1H3,(H2,14,16). The molecule has 0 saturated heterocycles. The number of hydrogen-bond donors (Lipinski definition) is 2. The molecule has 1 heterocycles. The van der Waals surface area contributed by atoms with Gasteiger partial charge in [-0.2, -0.15) is 0 Å². The number of carbonyl (C=O) groups excluding carboxylic acids is 1. The van der Waals surface area contributed by atoms with E-state index in [4.69, 9.17) is 11.5 Å². The van der Waals surface area contributed by atoms with Crippen LogP contribution in [-0.4, -0.2) is 24.5 Å². The van der Waals surface area contributed by atoms with E-state index in [9.17, 15) is 4.79 Å². The second-order valence-electron chi connectivity index (χ2n) is 4.34. The molecule has 2 rings (SSSR count). The Kier molecular flexibility index (Phi) is 2.83. The predicted octanol–water partition coefficient (Wildman–Crippen LogP) is 0.250. The molecule has 0 spiro atoms. The quantitative estimate of drug-likeness (QED) is 0.765. The summed E-state index contributed by atoms with van der Waals surface area (Å²) >= 11 is 0. The van der Waals surface area contributed by atoms with Gasteiger partial charge in [0.05, 0.1) is 0 Å². The zero-order chi connectivity index (χ0) is 11.7.